The SMILES string of the molecule is Cc1cc(C(=O)COc2ccc(C=O)cc2Cl)c(C)n1C. The van der Waals surface area contributed by atoms with Crippen molar-refractivity contribution in [1.82, 2.24) is 4.57 Å². The number of nitrogens with zero attached hydrogens (tertiary/aromatic N) is 1. The summed E-state index contributed by atoms with van der Waals surface area (Å²) >= 11 is 6.00. The van der Waals surface area contributed by atoms with E-state index < -0.39 is 0 Å². The van der Waals surface area contributed by atoms with E-state index >= 15 is 0 Å². The molecule has 0 atom stereocenters. The van der Waals surface area contributed by atoms with Gasteiger partial charge >= 0.3 is 0 Å². The number of aromatic nitrogens is 1. The van der Waals surface area contributed by atoms with Gasteiger partial charge in [0, 0.05) is 29.6 Å². The van der Waals surface area contributed by atoms with Crippen LogP contribution in [0.5, 0.6) is 5.75 Å². The van der Waals surface area contributed by atoms with Crippen molar-refractivity contribution >= 4 is 23.7 Å². The number of rotatable bonds is 5. The maximum absolute atomic E-state index is 12.2. The Balaban J connectivity index is 2.11. The summed E-state index contributed by atoms with van der Waals surface area (Å²) < 4.78 is 7.41. The van der Waals surface area contributed by atoms with Gasteiger partial charge in [-0.15, -0.1) is 0 Å². The van der Waals surface area contributed by atoms with Gasteiger partial charge < -0.3 is 9.30 Å². The van der Waals surface area contributed by atoms with Crippen LogP contribution in [0.4, 0.5) is 0 Å². The molecule has 0 N–H and O–H groups in total. The van der Waals surface area contributed by atoms with E-state index in [9.17, 15) is 9.59 Å². The Morgan fingerprint density at radius 3 is 2.57 bits per heavy atom. The van der Waals surface area contributed by atoms with Crippen LogP contribution in [-0.2, 0) is 7.05 Å². The molecule has 0 aliphatic heterocycles. The molecule has 110 valence electrons. The molecule has 1 aromatic carbocycles. The zero-order chi connectivity index (χ0) is 15.6. The summed E-state index contributed by atoms with van der Waals surface area (Å²) in [6, 6.07) is 6.53. The number of Topliss-reactive ketones (excluding diaryl/α,β-unsaturated/α-hetero) is 1. The summed E-state index contributed by atoms with van der Waals surface area (Å²) in [6.45, 7) is 3.75. The largest absolute Gasteiger partial charge is 0.484 e. The van der Waals surface area contributed by atoms with Crippen molar-refractivity contribution in [2.75, 3.05) is 6.61 Å². The molecule has 21 heavy (non-hydrogen) atoms. The van der Waals surface area contributed by atoms with Crippen LogP contribution in [0.3, 0.4) is 0 Å². The Morgan fingerprint density at radius 1 is 1.33 bits per heavy atom. The van der Waals surface area contributed by atoms with Crippen molar-refractivity contribution in [1.29, 1.82) is 0 Å². The molecule has 0 amide bonds. The third-order valence-electron chi connectivity index (χ3n) is 3.53. The minimum absolute atomic E-state index is 0.0928. The number of halogens is 1. The lowest BCUT2D eigenvalue weighted by atomic mass is 10.1. The molecule has 0 spiro atoms. The second kappa shape index (κ2) is 6.14. The first-order valence-electron chi connectivity index (χ1n) is 6.47. The zero-order valence-electron chi connectivity index (χ0n) is 12.1. The highest BCUT2D eigenvalue weighted by atomic mass is 35.5. The second-order valence-electron chi connectivity index (χ2n) is 4.86. The highest BCUT2D eigenvalue weighted by Crippen LogP contribution is 2.25. The van der Waals surface area contributed by atoms with Gasteiger partial charge in [-0.3, -0.25) is 9.59 Å². The fraction of sp³-hybridized carbons (Fsp3) is 0.250. The van der Waals surface area contributed by atoms with Crippen molar-refractivity contribution < 1.29 is 14.3 Å². The van der Waals surface area contributed by atoms with Gasteiger partial charge in [-0.05, 0) is 38.1 Å². The van der Waals surface area contributed by atoms with Crippen LogP contribution in [0.25, 0.3) is 0 Å². The number of carbonyl (C=O) groups excluding carboxylic acids is 2. The number of aldehydes is 1. The molecule has 0 aliphatic rings. The average Bonchev–Trinajstić information content (AvgIpc) is 2.73. The molecular weight excluding hydrogens is 290 g/mol. The third-order valence-corrected chi connectivity index (χ3v) is 3.82. The summed E-state index contributed by atoms with van der Waals surface area (Å²) in [5, 5.41) is 0.313. The maximum atomic E-state index is 12.2. The Kier molecular flexibility index (Phi) is 4.48. The lowest BCUT2D eigenvalue weighted by molar-refractivity contribution is 0.0920. The molecule has 0 fully saturated rings. The van der Waals surface area contributed by atoms with Crippen molar-refractivity contribution in [2.45, 2.75) is 13.8 Å². The van der Waals surface area contributed by atoms with Gasteiger partial charge in [-0.25, -0.2) is 0 Å². The van der Waals surface area contributed by atoms with Crippen LogP contribution in [0, 0.1) is 13.8 Å². The van der Waals surface area contributed by atoms with Gasteiger partial charge in [0.25, 0.3) is 0 Å². The Morgan fingerprint density at radius 2 is 2.05 bits per heavy atom. The number of benzene rings is 1. The van der Waals surface area contributed by atoms with Crippen LogP contribution in [-0.4, -0.2) is 23.2 Å². The molecule has 0 aliphatic carbocycles. The van der Waals surface area contributed by atoms with E-state index in [0.717, 1.165) is 11.4 Å². The molecule has 0 bridgehead atoms. The first-order chi connectivity index (χ1) is 9.93. The fourth-order valence-electron chi connectivity index (χ4n) is 2.07. The number of ether oxygens (including phenoxy) is 1. The molecular formula is C16H16ClNO3. The van der Waals surface area contributed by atoms with E-state index in [1.807, 2.05) is 31.5 Å². The van der Waals surface area contributed by atoms with Crippen molar-refractivity contribution in [2.24, 2.45) is 7.05 Å². The summed E-state index contributed by atoms with van der Waals surface area (Å²) in [7, 11) is 1.91. The lowest BCUT2D eigenvalue weighted by Crippen LogP contribution is -2.12. The predicted molar refractivity (Wildman–Crippen MR) is 81.6 cm³/mol. The average molecular weight is 306 g/mol. The van der Waals surface area contributed by atoms with Crippen LogP contribution in [0.15, 0.2) is 24.3 Å². The standard InChI is InChI=1S/C16H16ClNO3/c1-10-6-13(11(2)18(10)3)15(20)9-21-16-5-4-12(8-19)7-14(16)17/h4-8H,9H2,1-3H3. The van der Waals surface area contributed by atoms with Crippen molar-refractivity contribution in [3.05, 3.63) is 51.8 Å². The van der Waals surface area contributed by atoms with E-state index in [-0.39, 0.29) is 12.4 Å². The fourth-order valence-corrected chi connectivity index (χ4v) is 2.31. The van der Waals surface area contributed by atoms with Crippen LogP contribution in [0.1, 0.15) is 32.1 Å². The monoisotopic (exact) mass is 305 g/mol. The number of ketones is 1. The Hall–Kier alpha value is -2.07. The number of hydrogen-bond donors (Lipinski definition) is 0. The van der Waals surface area contributed by atoms with Crippen LogP contribution >= 0.6 is 11.6 Å². The highest BCUT2D eigenvalue weighted by Gasteiger charge is 2.15. The smallest absolute Gasteiger partial charge is 0.202 e. The first kappa shape index (κ1) is 15.3. The van der Waals surface area contributed by atoms with E-state index in [4.69, 9.17) is 16.3 Å². The summed E-state index contributed by atoms with van der Waals surface area (Å²) in [5.41, 5.74) is 3.04. The third kappa shape index (κ3) is 3.16. The number of carbonyl (C=O) groups is 2. The Bertz CT molecular complexity index is 704. The second-order valence-corrected chi connectivity index (χ2v) is 5.27. The molecule has 2 aromatic rings. The zero-order valence-corrected chi connectivity index (χ0v) is 12.9. The van der Waals surface area contributed by atoms with Gasteiger partial charge in [0.15, 0.2) is 6.61 Å². The molecule has 5 heteroatoms. The number of hydrogen-bond acceptors (Lipinski definition) is 3. The molecule has 0 saturated heterocycles. The van der Waals surface area contributed by atoms with Crippen LogP contribution < -0.4 is 4.74 Å². The van der Waals surface area contributed by atoms with Crippen molar-refractivity contribution in [3.8, 4) is 5.75 Å². The van der Waals surface area contributed by atoms with E-state index in [2.05, 4.69) is 0 Å². The molecule has 4 nitrogen and oxygen atoms in total. The van der Waals surface area contributed by atoms with E-state index in [1.165, 1.54) is 6.07 Å². The van der Waals surface area contributed by atoms with Crippen molar-refractivity contribution in [3.63, 3.8) is 0 Å². The molecule has 1 aromatic heterocycles. The summed E-state index contributed by atoms with van der Waals surface area (Å²) in [5.74, 6) is 0.285. The molecule has 0 unspecified atom stereocenters. The van der Waals surface area contributed by atoms with Crippen LogP contribution in [0.2, 0.25) is 5.02 Å². The first-order valence-corrected chi connectivity index (χ1v) is 6.85. The van der Waals surface area contributed by atoms with Gasteiger partial charge in [0.1, 0.15) is 12.0 Å². The van der Waals surface area contributed by atoms with Gasteiger partial charge in [0.2, 0.25) is 5.78 Å². The Labute approximate surface area is 128 Å². The maximum Gasteiger partial charge on any atom is 0.202 e. The molecule has 1 heterocycles. The lowest BCUT2D eigenvalue weighted by Gasteiger charge is -2.08. The molecule has 2 rings (SSSR count). The highest BCUT2D eigenvalue weighted by molar-refractivity contribution is 6.32. The van der Waals surface area contributed by atoms with Gasteiger partial charge in [0.05, 0.1) is 5.02 Å². The minimum atomic E-state index is -0.105. The quantitative estimate of drug-likeness (QED) is 0.628. The van der Waals surface area contributed by atoms with Gasteiger partial charge in [-0.1, -0.05) is 11.6 Å². The number of aryl methyl sites for hydroxylation is 1. The molecule has 0 saturated carbocycles. The minimum Gasteiger partial charge on any atom is -0.484 e. The summed E-state index contributed by atoms with van der Waals surface area (Å²) in [4.78, 5) is 22.8. The topological polar surface area (TPSA) is 48.3 Å². The normalized spacial score (nSPS) is 10.5. The van der Waals surface area contributed by atoms with E-state index in [0.29, 0.717) is 28.2 Å². The summed E-state index contributed by atoms with van der Waals surface area (Å²) in [6.07, 6.45) is 0.705. The molecule has 0 radical (unpaired) electrons. The van der Waals surface area contributed by atoms with E-state index in [1.54, 1.807) is 12.1 Å². The predicted octanol–water partition coefficient (Wildman–Crippen LogP) is 3.37. The van der Waals surface area contributed by atoms with Gasteiger partial charge in [-0.2, -0.15) is 0 Å².